The van der Waals surface area contributed by atoms with E-state index in [9.17, 15) is 9.59 Å². The first-order chi connectivity index (χ1) is 13.6. The van der Waals surface area contributed by atoms with Crippen LogP contribution in [0.25, 0.3) is 22.2 Å². The Labute approximate surface area is 165 Å². The van der Waals surface area contributed by atoms with Crippen LogP contribution in [0.3, 0.4) is 0 Å². The Kier molecular flexibility index (Phi) is 4.86. The molecule has 3 aromatic heterocycles. The number of aromatic nitrogens is 3. The van der Waals surface area contributed by atoms with Crippen molar-refractivity contribution >= 4 is 44.9 Å². The minimum atomic E-state index is -0.168. The van der Waals surface area contributed by atoms with Crippen LogP contribution in [0, 0.1) is 0 Å². The van der Waals surface area contributed by atoms with Crippen LogP contribution in [0.5, 0.6) is 0 Å². The number of hydrogen-bond donors (Lipinski definition) is 2. The summed E-state index contributed by atoms with van der Waals surface area (Å²) >= 11 is 1.38. The molecule has 7 nitrogen and oxygen atoms in total. The molecule has 3 heterocycles. The van der Waals surface area contributed by atoms with Crippen molar-refractivity contribution in [3.8, 4) is 11.3 Å². The number of benzene rings is 1. The molecular formula is C20H17N5O2S. The number of anilines is 2. The number of amides is 2. The number of hydrogen-bond acceptors (Lipinski definition) is 5. The summed E-state index contributed by atoms with van der Waals surface area (Å²) in [6.07, 6.45) is 5.25. The third kappa shape index (κ3) is 3.77. The Balaban J connectivity index is 1.49. The molecule has 0 aliphatic rings. The molecule has 8 heteroatoms. The van der Waals surface area contributed by atoms with Gasteiger partial charge in [-0.05, 0) is 30.3 Å². The predicted octanol–water partition coefficient (Wildman–Crippen LogP) is 3.76. The molecule has 2 amide bonds. The number of fused-ring (bicyclic) bond motifs is 1. The number of thiazole rings is 1. The van der Waals surface area contributed by atoms with Crippen molar-refractivity contribution in [3.63, 3.8) is 0 Å². The lowest BCUT2D eigenvalue weighted by Crippen LogP contribution is -2.18. The van der Waals surface area contributed by atoms with Gasteiger partial charge in [0.15, 0.2) is 5.13 Å². The Morgan fingerprint density at radius 3 is 2.71 bits per heavy atom. The second-order valence-corrected chi connectivity index (χ2v) is 7.04. The molecule has 0 radical (unpaired) electrons. The molecule has 4 rings (SSSR count). The first-order valence-electron chi connectivity index (χ1n) is 8.61. The SMILES string of the molecule is CC(=O)Nc1cccc2c1ccn2CC(=O)Nc1nc(-c2ccncc2)cs1. The van der Waals surface area contributed by atoms with Gasteiger partial charge in [0.2, 0.25) is 11.8 Å². The van der Waals surface area contributed by atoms with Crippen molar-refractivity contribution in [3.05, 3.63) is 60.4 Å². The normalized spacial score (nSPS) is 10.8. The standard InChI is InChI=1S/C20H17N5O2S/c1-13(26)22-16-3-2-4-18-15(16)7-10-25(18)11-19(27)24-20-23-17(12-28-20)14-5-8-21-9-6-14/h2-10,12H,11H2,1H3,(H,22,26)(H,23,24,27). The van der Waals surface area contributed by atoms with Gasteiger partial charge in [0.05, 0.1) is 16.9 Å². The van der Waals surface area contributed by atoms with E-state index >= 15 is 0 Å². The Hall–Kier alpha value is -3.52. The van der Waals surface area contributed by atoms with Gasteiger partial charge in [-0.15, -0.1) is 11.3 Å². The third-order valence-electron chi connectivity index (χ3n) is 4.16. The largest absolute Gasteiger partial charge is 0.338 e. The van der Waals surface area contributed by atoms with Gasteiger partial charge < -0.3 is 15.2 Å². The summed E-state index contributed by atoms with van der Waals surface area (Å²) in [7, 11) is 0. The minimum absolute atomic E-state index is 0.133. The molecule has 0 aliphatic carbocycles. The molecule has 28 heavy (non-hydrogen) atoms. The van der Waals surface area contributed by atoms with Crippen LogP contribution in [-0.4, -0.2) is 26.3 Å². The van der Waals surface area contributed by atoms with E-state index in [1.54, 1.807) is 12.4 Å². The average molecular weight is 391 g/mol. The molecule has 0 aliphatic heterocycles. The minimum Gasteiger partial charge on any atom is -0.338 e. The highest BCUT2D eigenvalue weighted by atomic mass is 32.1. The molecule has 2 N–H and O–H groups in total. The summed E-state index contributed by atoms with van der Waals surface area (Å²) in [5, 5.41) is 8.99. The van der Waals surface area contributed by atoms with Gasteiger partial charge >= 0.3 is 0 Å². The average Bonchev–Trinajstić information content (AvgIpc) is 3.30. The van der Waals surface area contributed by atoms with E-state index in [2.05, 4.69) is 20.6 Å². The second-order valence-electron chi connectivity index (χ2n) is 6.19. The van der Waals surface area contributed by atoms with Crippen LogP contribution in [0.2, 0.25) is 0 Å². The molecule has 0 spiro atoms. The first-order valence-corrected chi connectivity index (χ1v) is 9.49. The van der Waals surface area contributed by atoms with Gasteiger partial charge in [-0.25, -0.2) is 4.98 Å². The third-order valence-corrected chi connectivity index (χ3v) is 4.92. The maximum Gasteiger partial charge on any atom is 0.246 e. The molecule has 1 aromatic carbocycles. The molecule has 140 valence electrons. The van der Waals surface area contributed by atoms with Gasteiger partial charge in [-0.2, -0.15) is 0 Å². The van der Waals surface area contributed by atoms with Gasteiger partial charge in [-0.1, -0.05) is 6.07 Å². The number of carbonyl (C=O) groups excluding carboxylic acids is 2. The zero-order valence-electron chi connectivity index (χ0n) is 15.0. The maximum atomic E-state index is 12.5. The molecule has 0 unspecified atom stereocenters. The highest BCUT2D eigenvalue weighted by molar-refractivity contribution is 7.14. The van der Waals surface area contributed by atoms with E-state index in [1.807, 2.05) is 52.5 Å². The van der Waals surface area contributed by atoms with Crippen molar-refractivity contribution in [1.82, 2.24) is 14.5 Å². The summed E-state index contributed by atoms with van der Waals surface area (Å²) in [5.74, 6) is -0.301. The maximum absolute atomic E-state index is 12.5. The van der Waals surface area contributed by atoms with E-state index in [4.69, 9.17) is 0 Å². The van der Waals surface area contributed by atoms with Gasteiger partial charge in [0.25, 0.3) is 0 Å². The van der Waals surface area contributed by atoms with Gasteiger partial charge in [0, 0.05) is 41.8 Å². The Morgan fingerprint density at radius 1 is 1.11 bits per heavy atom. The van der Waals surface area contributed by atoms with Crippen molar-refractivity contribution in [1.29, 1.82) is 0 Å². The fourth-order valence-electron chi connectivity index (χ4n) is 2.96. The molecule has 0 saturated carbocycles. The summed E-state index contributed by atoms with van der Waals surface area (Å²) in [6, 6.07) is 11.2. The van der Waals surface area contributed by atoms with E-state index in [0.29, 0.717) is 5.13 Å². The predicted molar refractivity (Wildman–Crippen MR) is 110 cm³/mol. The lowest BCUT2D eigenvalue weighted by molar-refractivity contribution is -0.116. The fourth-order valence-corrected chi connectivity index (χ4v) is 3.70. The molecule has 0 bridgehead atoms. The van der Waals surface area contributed by atoms with Crippen molar-refractivity contribution < 1.29 is 9.59 Å². The van der Waals surface area contributed by atoms with Gasteiger partial charge in [0.1, 0.15) is 6.54 Å². The van der Waals surface area contributed by atoms with Crippen LogP contribution in [0.15, 0.2) is 60.4 Å². The lowest BCUT2D eigenvalue weighted by atomic mass is 10.2. The number of carbonyl (C=O) groups is 2. The topological polar surface area (TPSA) is 88.9 Å². The number of nitrogens with one attached hydrogen (secondary N) is 2. The Morgan fingerprint density at radius 2 is 1.93 bits per heavy atom. The molecule has 0 saturated heterocycles. The fraction of sp³-hybridized carbons (Fsp3) is 0.100. The molecule has 0 fully saturated rings. The quantitative estimate of drug-likeness (QED) is 0.542. The van der Waals surface area contributed by atoms with Gasteiger partial charge in [-0.3, -0.25) is 14.6 Å². The number of pyridine rings is 1. The summed E-state index contributed by atoms with van der Waals surface area (Å²) in [4.78, 5) is 32.3. The lowest BCUT2D eigenvalue weighted by Gasteiger charge is -2.07. The van der Waals surface area contributed by atoms with Crippen LogP contribution in [0.4, 0.5) is 10.8 Å². The van der Waals surface area contributed by atoms with E-state index < -0.39 is 0 Å². The van der Waals surface area contributed by atoms with Crippen molar-refractivity contribution in [2.75, 3.05) is 10.6 Å². The highest BCUT2D eigenvalue weighted by Crippen LogP contribution is 2.26. The van der Waals surface area contributed by atoms with Crippen LogP contribution < -0.4 is 10.6 Å². The second kappa shape index (κ2) is 7.61. The zero-order valence-corrected chi connectivity index (χ0v) is 15.9. The van der Waals surface area contributed by atoms with Crippen LogP contribution in [0.1, 0.15) is 6.92 Å². The zero-order chi connectivity index (χ0) is 19.5. The van der Waals surface area contributed by atoms with Crippen LogP contribution >= 0.6 is 11.3 Å². The first kappa shape index (κ1) is 17.9. The van der Waals surface area contributed by atoms with E-state index in [-0.39, 0.29) is 18.4 Å². The summed E-state index contributed by atoms with van der Waals surface area (Å²) in [5.41, 5.74) is 3.35. The summed E-state index contributed by atoms with van der Waals surface area (Å²) in [6.45, 7) is 1.62. The smallest absolute Gasteiger partial charge is 0.246 e. The number of rotatable bonds is 5. The summed E-state index contributed by atoms with van der Waals surface area (Å²) < 4.78 is 1.84. The molecule has 0 atom stereocenters. The van der Waals surface area contributed by atoms with E-state index in [0.717, 1.165) is 27.8 Å². The highest BCUT2D eigenvalue weighted by Gasteiger charge is 2.12. The van der Waals surface area contributed by atoms with E-state index in [1.165, 1.54) is 18.3 Å². The van der Waals surface area contributed by atoms with Crippen LogP contribution in [-0.2, 0) is 16.1 Å². The molecule has 4 aromatic rings. The van der Waals surface area contributed by atoms with Crippen molar-refractivity contribution in [2.24, 2.45) is 0 Å². The Bertz CT molecular complexity index is 1150. The monoisotopic (exact) mass is 391 g/mol. The van der Waals surface area contributed by atoms with Crippen molar-refractivity contribution in [2.45, 2.75) is 13.5 Å². The molecular weight excluding hydrogens is 374 g/mol. The number of nitrogens with zero attached hydrogens (tertiary/aromatic N) is 3.